The Morgan fingerprint density at radius 2 is 2.07 bits per heavy atom. The van der Waals surface area contributed by atoms with E-state index in [9.17, 15) is 4.21 Å². The first-order valence-electron chi connectivity index (χ1n) is 4.74. The SMILES string of the molecule is C[C@H](N[S@](=O)C(C)(C)C)c1ccc(Br)s1. The van der Waals surface area contributed by atoms with Crippen LogP contribution in [-0.2, 0) is 11.0 Å². The third-order valence-electron chi connectivity index (χ3n) is 1.86. The molecule has 0 aliphatic rings. The lowest BCUT2D eigenvalue weighted by atomic mass is 10.3. The Balaban J connectivity index is 2.64. The van der Waals surface area contributed by atoms with Gasteiger partial charge < -0.3 is 0 Å². The minimum absolute atomic E-state index is 0.126. The highest BCUT2D eigenvalue weighted by Crippen LogP contribution is 2.27. The third-order valence-corrected chi connectivity index (χ3v) is 5.35. The molecule has 0 aliphatic heterocycles. The topological polar surface area (TPSA) is 29.1 Å². The summed E-state index contributed by atoms with van der Waals surface area (Å²) >= 11 is 5.09. The predicted molar refractivity (Wildman–Crippen MR) is 71.5 cm³/mol. The van der Waals surface area contributed by atoms with E-state index >= 15 is 0 Å². The molecule has 0 unspecified atom stereocenters. The smallest absolute Gasteiger partial charge is 0.0976 e. The Morgan fingerprint density at radius 1 is 1.47 bits per heavy atom. The summed E-state index contributed by atoms with van der Waals surface area (Å²) < 4.78 is 15.8. The quantitative estimate of drug-likeness (QED) is 0.907. The summed E-state index contributed by atoms with van der Waals surface area (Å²) in [6, 6.07) is 4.19. The Kier molecular flexibility index (Phi) is 4.52. The molecule has 86 valence electrons. The molecule has 2 nitrogen and oxygen atoms in total. The summed E-state index contributed by atoms with van der Waals surface area (Å²) in [5.41, 5.74) is 0. The van der Waals surface area contributed by atoms with Crippen LogP contribution in [0.25, 0.3) is 0 Å². The molecule has 0 aliphatic carbocycles. The average Bonchev–Trinajstić information content (AvgIpc) is 2.50. The molecule has 0 radical (unpaired) electrons. The molecule has 0 saturated heterocycles. The van der Waals surface area contributed by atoms with Crippen LogP contribution in [0.2, 0.25) is 0 Å². The van der Waals surface area contributed by atoms with Crippen molar-refractivity contribution in [3.63, 3.8) is 0 Å². The molecular formula is C10H16BrNOS2. The van der Waals surface area contributed by atoms with E-state index < -0.39 is 11.0 Å². The lowest BCUT2D eigenvalue weighted by Gasteiger charge is -2.21. The first-order chi connectivity index (χ1) is 6.80. The molecule has 1 rings (SSSR count). The monoisotopic (exact) mass is 309 g/mol. The van der Waals surface area contributed by atoms with Gasteiger partial charge in [0.15, 0.2) is 0 Å². The second-order valence-electron chi connectivity index (χ2n) is 4.36. The van der Waals surface area contributed by atoms with Gasteiger partial charge in [-0.25, -0.2) is 8.93 Å². The normalized spacial score (nSPS) is 16.3. The van der Waals surface area contributed by atoms with E-state index in [-0.39, 0.29) is 10.8 Å². The maximum Gasteiger partial charge on any atom is 0.0976 e. The summed E-state index contributed by atoms with van der Waals surface area (Å²) in [6.45, 7) is 7.93. The largest absolute Gasteiger partial charge is 0.242 e. The molecule has 0 amide bonds. The number of nitrogens with one attached hydrogen (secondary N) is 1. The van der Waals surface area contributed by atoms with Crippen molar-refractivity contribution in [3.05, 3.63) is 20.8 Å². The molecule has 0 aromatic carbocycles. The van der Waals surface area contributed by atoms with Crippen LogP contribution in [-0.4, -0.2) is 8.96 Å². The lowest BCUT2D eigenvalue weighted by molar-refractivity contribution is 0.618. The van der Waals surface area contributed by atoms with Gasteiger partial charge in [0.25, 0.3) is 0 Å². The maximum atomic E-state index is 11.8. The van der Waals surface area contributed by atoms with Crippen molar-refractivity contribution in [2.24, 2.45) is 0 Å². The average molecular weight is 310 g/mol. The van der Waals surface area contributed by atoms with Crippen LogP contribution in [0.15, 0.2) is 15.9 Å². The number of halogens is 1. The van der Waals surface area contributed by atoms with Gasteiger partial charge in [-0.1, -0.05) is 0 Å². The predicted octanol–water partition coefficient (Wildman–Crippen LogP) is 3.62. The number of rotatable bonds is 3. The van der Waals surface area contributed by atoms with Crippen LogP contribution in [0.1, 0.15) is 38.6 Å². The van der Waals surface area contributed by atoms with E-state index in [0.717, 1.165) is 3.79 Å². The molecule has 0 saturated carbocycles. The summed E-state index contributed by atoms with van der Waals surface area (Å²) in [5.74, 6) is 0. The second-order valence-corrected chi connectivity index (χ2v) is 8.86. The van der Waals surface area contributed by atoms with Crippen molar-refractivity contribution in [2.75, 3.05) is 0 Å². The fourth-order valence-corrected chi connectivity index (χ4v) is 3.26. The van der Waals surface area contributed by atoms with Crippen LogP contribution in [0, 0.1) is 0 Å². The van der Waals surface area contributed by atoms with Crippen molar-refractivity contribution in [3.8, 4) is 0 Å². The molecular weight excluding hydrogens is 294 g/mol. The molecule has 15 heavy (non-hydrogen) atoms. The van der Waals surface area contributed by atoms with Crippen LogP contribution < -0.4 is 4.72 Å². The van der Waals surface area contributed by atoms with Crippen molar-refractivity contribution in [1.29, 1.82) is 0 Å². The van der Waals surface area contributed by atoms with Crippen LogP contribution in [0.4, 0.5) is 0 Å². The molecule has 1 heterocycles. The summed E-state index contributed by atoms with van der Waals surface area (Å²) in [5, 5.41) is 0. The zero-order chi connectivity index (χ0) is 11.6. The first kappa shape index (κ1) is 13.4. The maximum absolute atomic E-state index is 11.8. The standard InChI is InChI=1S/C10H16BrNOS2/c1-7(8-5-6-9(11)14-8)12-15(13)10(2,3)4/h5-7,12H,1-4H3/t7-,15+/m0/s1. The van der Waals surface area contributed by atoms with Crippen LogP contribution in [0.5, 0.6) is 0 Å². The molecule has 0 spiro atoms. The van der Waals surface area contributed by atoms with Gasteiger partial charge in [-0.3, -0.25) is 0 Å². The molecule has 1 N–H and O–H groups in total. The molecule has 0 fully saturated rings. The fraction of sp³-hybridized carbons (Fsp3) is 0.600. The summed E-state index contributed by atoms with van der Waals surface area (Å²) in [7, 11) is -1.02. The Morgan fingerprint density at radius 3 is 2.47 bits per heavy atom. The van der Waals surface area contributed by atoms with E-state index in [1.165, 1.54) is 4.88 Å². The minimum Gasteiger partial charge on any atom is -0.242 e. The van der Waals surface area contributed by atoms with Gasteiger partial charge in [0, 0.05) is 4.88 Å². The highest BCUT2D eigenvalue weighted by Gasteiger charge is 2.22. The third kappa shape index (κ3) is 3.98. The highest BCUT2D eigenvalue weighted by atomic mass is 79.9. The Labute approximate surface area is 106 Å². The lowest BCUT2D eigenvalue weighted by Crippen LogP contribution is -2.34. The Bertz CT molecular complexity index is 357. The highest BCUT2D eigenvalue weighted by molar-refractivity contribution is 9.11. The molecule has 5 heteroatoms. The van der Waals surface area contributed by atoms with Crippen molar-refractivity contribution >= 4 is 38.3 Å². The van der Waals surface area contributed by atoms with Gasteiger partial charge in [-0.15, -0.1) is 11.3 Å². The number of thiophene rings is 1. The van der Waals surface area contributed by atoms with E-state index in [2.05, 4.69) is 20.7 Å². The van der Waals surface area contributed by atoms with Crippen LogP contribution >= 0.6 is 27.3 Å². The number of hydrogen-bond donors (Lipinski definition) is 1. The van der Waals surface area contributed by atoms with E-state index in [1.54, 1.807) is 11.3 Å². The van der Waals surface area contributed by atoms with Crippen molar-refractivity contribution < 1.29 is 4.21 Å². The molecule has 0 bridgehead atoms. The van der Waals surface area contributed by atoms with Crippen molar-refractivity contribution in [1.82, 2.24) is 4.72 Å². The molecule has 1 aromatic heterocycles. The van der Waals surface area contributed by atoms with Gasteiger partial charge in [-0.2, -0.15) is 0 Å². The minimum atomic E-state index is -1.02. The molecule has 1 aromatic rings. The number of hydrogen-bond acceptors (Lipinski definition) is 2. The first-order valence-corrected chi connectivity index (χ1v) is 7.50. The zero-order valence-electron chi connectivity index (χ0n) is 9.33. The van der Waals surface area contributed by atoms with Crippen molar-refractivity contribution in [2.45, 2.75) is 38.5 Å². The van der Waals surface area contributed by atoms with Gasteiger partial charge in [0.05, 0.1) is 25.6 Å². The van der Waals surface area contributed by atoms with E-state index in [0.29, 0.717) is 0 Å². The van der Waals surface area contributed by atoms with E-state index in [4.69, 9.17) is 0 Å². The van der Waals surface area contributed by atoms with Gasteiger partial charge in [0.2, 0.25) is 0 Å². The Hall–Kier alpha value is 0.290. The molecule has 2 atom stereocenters. The summed E-state index contributed by atoms with van der Waals surface area (Å²) in [6.07, 6.45) is 0. The second kappa shape index (κ2) is 5.08. The van der Waals surface area contributed by atoms with E-state index in [1.807, 2.05) is 39.8 Å². The fourth-order valence-electron chi connectivity index (χ4n) is 0.956. The van der Waals surface area contributed by atoms with Crippen LogP contribution in [0.3, 0.4) is 0 Å². The zero-order valence-corrected chi connectivity index (χ0v) is 12.6. The van der Waals surface area contributed by atoms with Gasteiger partial charge >= 0.3 is 0 Å². The van der Waals surface area contributed by atoms with Gasteiger partial charge in [-0.05, 0) is 55.8 Å². The summed E-state index contributed by atoms with van der Waals surface area (Å²) in [4.78, 5) is 1.19. The van der Waals surface area contributed by atoms with Gasteiger partial charge in [0.1, 0.15) is 0 Å².